The molecule has 0 unspecified atom stereocenters. The van der Waals surface area contributed by atoms with Crippen molar-refractivity contribution >= 4 is 11.8 Å². The maximum absolute atomic E-state index is 10.9. The number of carbonyl (C=O) groups is 1. The molecule has 0 aromatic heterocycles. The van der Waals surface area contributed by atoms with Crippen LogP contribution < -0.4 is 10.6 Å². The Morgan fingerprint density at radius 1 is 1.43 bits per heavy atom. The normalized spacial score (nSPS) is 13.5. The Bertz CT molecular complexity index is 363. The summed E-state index contributed by atoms with van der Waals surface area (Å²) in [5, 5.41) is 5.87. The fraction of sp³-hybridized carbons (Fsp3) is 0.300. The molecule has 74 valence electrons. The van der Waals surface area contributed by atoms with Crippen molar-refractivity contribution in [3.63, 3.8) is 0 Å². The molecule has 1 amide bonds. The molecule has 1 aliphatic heterocycles. The van der Waals surface area contributed by atoms with Crippen molar-refractivity contribution in [1.82, 2.24) is 5.32 Å². The molecule has 1 aromatic rings. The molecule has 0 saturated heterocycles. The highest BCUT2D eigenvalue weighted by Crippen LogP contribution is 2.19. The van der Waals surface area contributed by atoms with Crippen molar-refractivity contribution in [3.05, 3.63) is 29.3 Å². The zero-order chi connectivity index (χ0) is 9.97. The van der Waals surface area contributed by atoms with E-state index < -0.39 is 6.09 Å². The summed E-state index contributed by atoms with van der Waals surface area (Å²) in [6.07, 6.45) is -0.434. The molecular formula is C10H12N2O2. The number of hydrogen-bond donors (Lipinski definition) is 2. The molecule has 14 heavy (non-hydrogen) atoms. The average Bonchev–Trinajstić information content (AvgIpc) is 2.64. The van der Waals surface area contributed by atoms with Gasteiger partial charge in [0.25, 0.3) is 0 Å². The lowest BCUT2D eigenvalue weighted by Gasteiger charge is -2.05. The Hall–Kier alpha value is -1.55. The third-order valence-corrected chi connectivity index (χ3v) is 2.27. The predicted octanol–water partition coefficient (Wildman–Crippen LogP) is 1.47. The molecular weight excluding hydrogens is 180 g/mol. The van der Waals surface area contributed by atoms with Gasteiger partial charge in [-0.3, -0.25) is 5.32 Å². The van der Waals surface area contributed by atoms with Crippen LogP contribution in [0.4, 0.5) is 10.5 Å². The van der Waals surface area contributed by atoms with Gasteiger partial charge in [-0.1, -0.05) is 6.07 Å². The number of rotatable bonds is 1. The lowest BCUT2D eigenvalue weighted by Crippen LogP contribution is -2.11. The van der Waals surface area contributed by atoms with E-state index in [-0.39, 0.29) is 0 Å². The first-order valence-electron chi connectivity index (χ1n) is 4.47. The number of methoxy groups -OCH3 is 1. The number of amides is 1. The minimum atomic E-state index is -0.434. The lowest BCUT2D eigenvalue weighted by molar-refractivity contribution is 0.187. The van der Waals surface area contributed by atoms with Gasteiger partial charge < -0.3 is 10.1 Å². The molecule has 0 spiro atoms. The molecule has 0 atom stereocenters. The highest BCUT2D eigenvalue weighted by molar-refractivity contribution is 5.84. The van der Waals surface area contributed by atoms with Gasteiger partial charge in [0.1, 0.15) is 0 Å². The highest BCUT2D eigenvalue weighted by atomic mass is 16.5. The second kappa shape index (κ2) is 3.67. The topological polar surface area (TPSA) is 50.4 Å². The largest absolute Gasteiger partial charge is 0.453 e. The fourth-order valence-corrected chi connectivity index (χ4v) is 1.54. The van der Waals surface area contributed by atoms with Crippen molar-refractivity contribution in [2.75, 3.05) is 12.4 Å². The monoisotopic (exact) mass is 192 g/mol. The van der Waals surface area contributed by atoms with Crippen molar-refractivity contribution in [3.8, 4) is 0 Å². The summed E-state index contributed by atoms with van der Waals surface area (Å²) < 4.78 is 4.51. The highest BCUT2D eigenvalue weighted by Gasteiger charge is 2.10. The van der Waals surface area contributed by atoms with E-state index in [1.54, 1.807) is 0 Å². The van der Waals surface area contributed by atoms with E-state index in [2.05, 4.69) is 15.4 Å². The van der Waals surface area contributed by atoms with E-state index in [1.807, 2.05) is 18.2 Å². The standard InChI is InChI=1S/C10H12N2O2/c1-14-10(13)12-9-3-2-7-5-11-6-8(7)4-9/h2-4,11H,5-6H2,1H3,(H,12,13). The van der Waals surface area contributed by atoms with Crippen LogP contribution in [0.3, 0.4) is 0 Å². The number of benzene rings is 1. The second-order valence-corrected chi connectivity index (χ2v) is 3.20. The van der Waals surface area contributed by atoms with Gasteiger partial charge in [0.15, 0.2) is 0 Å². The van der Waals surface area contributed by atoms with Gasteiger partial charge in [0, 0.05) is 18.8 Å². The van der Waals surface area contributed by atoms with Crippen molar-refractivity contribution in [1.29, 1.82) is 0 Å². The number of hydrogen-bond acceptors (Lipinski definition) is 3. The first-order chi connectivity index (χ1) is 6.79. The fourth-order valence-electron chi connectivity index (χ4n) is 1.54. The number of carbonyl (C=O) groups excluding carboxylic acids is 1. The summed E-state index contributed by atoms with van der Waals surface area (Å²) in [4.78, 5) is 10.9. The molecule has 4 nitrogen and oxygen atoms in total. The second-order valence-electron chi connectivity index (χ2n) is 3.20. The van der Waals surface area contributed by atoms with Crippen LogP contribution >= 0.6 is 0 Å². The number of ether oxygens (including phenoxy) is 1. The molecule has 4 heteroatoms. The Kier molecular flexibility index (Phi) is 2.37. The average molecular weight is 192 g/mol. The summed E-state index contributed by atoms with van der Waals surface area (Å²) in [6.45, 7) is 1.78. The summed E-state index contributed by atoms with van der Waals surface area (Å²) in [5.74, 6) is 0. The molecule has 0 aliphatic carbocycles. The minimum Gasteiger partial charge on any atom is -0.453 e. The van der Waals surface area contributed by atoms with Crippen molar-refractivity contribution < 1.29 is 9.53 Å². The molecule has 1 aliphatic rings. The van der Waals surface area contributed by atoms with Crippen LogP contribution in [0.5, 0.6) is 0 Å². The quantitative estimate of drug-likeness (QED) is 0.708. The van der Waals surface area contributed by atoms with E-state index in [9.17, 15) is 4.79 Å². The molecule has 1 heterocycles. The summed E-state index contributed by atoms with van der Waals surface area (Å²) in [5.41, 5.74) is 3.30. The van der Waals surface area contributed by atoms with Crippen LogP contribution in [0.2, 0.25) is 0 Å². The zero-order valence-electron chi connectivity index (χ0n) is 7.96. The third kappa shape index (κ3) is 1.70. The van der Waals surface area contributed by atoms with Gasteiger partial charge in [0.05, 0.1) is 7.11 Å². The molecule has 0 saturated carbocycles. The van der Waals surface area contributed by atoms with E-state index in [0.29, 0.717) is 0 Å². The minimum absolute atomic E-state index is 0.434. The smallest absolute Gasteiger partial charge is 0.411 e. The van der Waals surface area contributed by atoms with Crippen molar-refractivity contribution in [2.45, 2.75) is 13.1 Å². The van der Waals surface area contributed by atoms with Crippen LogP contribution in [0, 0.1) is 0 Å². The van der Waals surface area contributed by atoms with E-state index in [0.717, 1.165) is 18.8 Å². The van der Waals surface area contributed by atoms with Gasteiger partial charge in [0.2, 0.25) is 0 Å². The molecule has 0 bridgehead atoms. The summed E-state index contributed by atoms with van der Waals surface area (Å²) in [7, 11) is 1.35. The van der Waals surface area contributed by atoms with Gasteiger partial charge >= 0.3 is 6.09 Å². The van der Waals surface area contributed by atoms with Gasteiger partial charge in [-0.2, -0.15) is 0 Å². The molecule has 2 rings (SSSR count). The maximum Gasteiger partial charge on any atom is 0.411 e. The van der Waals surface area contributed by atoms with Crippen LogP contribution in [-0.2, 0) is 17.8 Å². The van der Waals surface area contributed by atoms with Crippen LogP contribution in [-0.4, -0.2) is 13.2 Å². The van der Waals surface area contributed by atoms with E-state index >= 15 is 0 Å². The Balaban J connectivity index is 2.16. The molecule has 0 radical (unpaired) electrons. The number of nitrogens with one attached hydrogen (secondary N) is 2. The molecule has 1 aromatic carbocycles. The van der Waals surface area contributed by atoms with E-state index in [4.69, 9.17) is 0 Å². The summed E-state index contributed by atoms with van der Waals surface area (Å²) in [6, 6.07) is 5.86. The Morgan fingerprint density at radius 3 is 3.00 bits per heavy atom. The predicted molar refractivity (Wildman–Crippen MR) is 53.0 cm³/mol. The molecule has 0 fully saturated rings. The Labute approximate surface area is 82.3 Å². The van der Waals surface area contributed by atoms with Crippen molar-refractivity contribution in [2.24, 2.45) is 0 Å². The number of fused-ring (bicyclic) bond motifs is 1. The SMILES string of the molecule is COC(=O)Nc1ccc2c(c1)CNC2. The lowest BCUT2D eigenvalue weighted by atomic mass is 10.1. The Morgan fingerprint density at radius 2 is 2.21 bits per heavy atom. The first kappa shape index (κ1) is 9.02. The molecule has 2 N–H and O–H groups in total. The van der Waals surface area contributed by atoms with Gasteiger partial charge in [-0.15, -0.1) is 0 Å². The van der Waals surface area contributed by atoms with Gasteiger partial charge in [-0.25, -0.2) is 4.79 Å². The van der Waals surface area contributed by atoms with Gasteiger partial charge in [-0.05, 0) is 23.3 Å². The third-order valence-electron chi connectivity index (χ3n) is 2.27. The zero-order valence-corrected chi connectivity index (χ0v) is 7.96. The summed E-state index contributed by atoms with van der Waals surface area (Å²) >= 11 is 0. The van der Waals surface area contributed by atoms with E-state index in [1.165, 1.54) is 18.2 Å². The first-order valence-corrected chi connectivity index (χ1v) is 4.47. The number of anilines is 1. The van der Waals surface area contributed by atoms with Crippen LogP contribution in [0.15, 0.2) is 18.2 Å². The van der Waals surface area contributed by atoms with Crippen LogP contribution in [0.1, 0.15) is 11.1 Å². The van der Waals surface area contributed by atoms with Crippen LogP contribution in [0.25, 0.3) is 0 Å². The maximum atomic E-state index is 10.9.